The Bertz CT molecular complexity index is 657. The molecule has 1 aliphatic heterocycles. The van der Waals surface area contributed by atoms with E-state index in [2.05, 4.69) is 22.4 Å². The van der Waals surface area contributed by atoms with Crippen LogP contribution in [0.1, 0.15) is 12.0 Å². The Balaban J connectivity index is 1.80. The van der Waals surface area contributed by atoms with Gasteiger partial charge in [-0.1, -0.05) is 6.07 Å². The normalized spacial score (nSPS) is 18.4. The summed E-state index contributed by atoms with van der Waals surface area (Å²) in [6, 6.07) is 8.28. The van der Waals surface area contributed by atoms with Crippen LogP contribution in [-0.4, -0.2) is 40.2 Å². The number of carboxylic acid groups (broad SMARTS) is 1. The molecule has 1 aliphatic rings. The van der Waals surface area contributed by atoms with E-state index >= 15 is 0 Å². The van der Waals surface area contributed by atoms with E-state index in [4.69, 9.17) is 5.11 Å². The molecule has 0 aliphatic carbocycles. The summed E-state index contributed by atoms with van der Waals surface area (Å²) in [5.41, 5.74) is 3.16. The molecule has 2 aromatic rings. The molecule has 2 heterocycles. The molecule has 1 aromatic carbocycles. The molecular weight excluding hydrogens is 254 g/mol. The van der Waals surface area contributed by atoms with Gasteiger partial charge >= 0.3 is 6.09 Å². The van der Waals surface area contributed by atoms with Gasteiger partial charge in [-0.2, -0.15) is 0 Å². The van der Waals surface area contributed by atoms with Crippen molar-refractivity contribution < 1.29 is 9.90 Å². The van der Waals surface area contributed by atoms with E-state index < -0.39 is 6.09 Å². The fourth-order valence-electron chi connectivity index (χ4n) is 2.75. The summed E-state index contributed by atoms with van der Waals surface area (Å²) in [7, 11) is 0. The monoisotopic (exact) mass is 271 g/mol. The number of hydrogen-bond donors (Lipinski definition) is 2. The van der Waals surface area contributed by atoms with E-state index in [9.17, 15) is 4.79 Å². The fraction of sp³-hybridized carbons (Fsp3) is 0.333. The molecule has 104 valence electrons. The quantitative estimate of drug-likeness (QED) is 0.881. The first kappa shape index (κ1) is 12.7. The van der Waals surface area contributed by atoms with Crippen molar-refractivity contribution in [1.29, 1.82) is 0 Å². The summed E-state index contributed by atoms with van der Waals surface area (Å²) in [5, 5.41) is 13.5. The predicted molar refractivity (Wildman–Crippen MR) is 78.1 cm³/mol. The van der Waals surface area contributed by atoms with Gasteiger partial charge in [0.05, 0.1) is 5.52 Å². The number of aryl methyl sites for hydroxylation is 1. The summed E-state index contributed by atoms with van der Waals surface area (Å²) in [6.45, 7) is 3.18. The van der Waals surface area contributed by atoms with Gasteiger partial charge < -0.3 is 15.3 Å². The van der Waals surface area contributed by atoms with Crippen LogP contribution >= 0.6 is 0 Å². The first-order valence-corrected chi connectivity index (χ1v) is 6.73. The van der Waals surface area contributed by atoms with Gasteiger partial charge in [0.1, 0.15) is 0 Å². The second kappa shape index (κ2) is 5.00. The van der Waals surface area contributed by atoms with Crippen LogP contribution in [0.15, 0.2) is 30.5 Å². The molecule has 1 fully saturated rings. The summed E-state index contributed by atoms with van der Waals surface area (Å²) in [4.78, 5) is 16.7. The van der Waals surface area contributed by atoms with Gasteiger partial charge in [0.15, 0.2) is 0 Å². The molecule has 1 atom stereocenters. The maximum absolute atomic E-state index is 10.9. The largest absolute Gasteiger partial charge is 0.465 e. The van der Waals surface area contributed by atoms with Crippen molar-refractivity contribution in [2.24, 2.45) is 0 Å². The van der Waals surface area contributed by atoms with Crippen molar-refractivity contribution in [3.63, 3.8) is 0 Å². The molecule has 2 N–H and O–H groups in total. The molecule has 1 amide bonds. The predicted octanol–water partition coefficient (Wildman–Crippen LogP) is 2.71. The van der Waals surface area contributed by atoms with Crippen LogP contribution in [0.3, 0.4) is 0 Å². The Labute approximate surface area is 117 Å². The van der Waals surface area contributed by atoms with Crippen LogP contribution in [0, 0.1) is 6.92 Å². The Hall–Kier alpha value is -2.30. The Morgan fingerprint density at radius 1 is 1.50 bits per heavy atom. The van der Waals surface area contributed by atoms with Crippen molar-refractivity contribution in [3.8, 4) is 0 Å². The van der Waals surface area contributed by atoms with E-state index in [1.54, 1.807) is 6.20 Å². The molecule has 3 rings (SSSR count). The fourth-order valence-corrected chi connectivity index (χ4v) is 2.75. The van der Waals surface area contributed by atoms with Gasteiger partial charge in [-0.15, -0.1) is 0 Å². The molecule has 1 saturated heterocycles. The zero-order chi connectivity index (χ0) is 14.1. The summed E-state index contributed by atoms with van der Waals surface area (Å²) >= 11 is 0. The SMILES string of the molecule is Cc1cc(NC2CCN(C(=O)O)C2)cc2cccnc12. The van der Waals surface area contributed by atoms with Crippen LogP contribution in [-0.2, 0) is 0 Å². The zero-order valence-corrected chi connectivity index (χ0v) is 11.3. The van der Waals surface area contributed by atoms with E-state index in [1.165, 1.54) is 4.90 Å². The van der Waals surface area contributed by atoms with E-state index in [1.807, 2.05) is 19.1 Å². The second-order valence-corrected chi connectivity index (χ2v) is 5.23. The lowest BCUT2D eigenvalue weighted by Gasteiger charge is -2.16. The number of hydrogen-bond acceptors (Lipinski definition) is 3. The molecule has 1 aromatic heterocycles. The molecule has 0 radical (unpaired) electrons. The molecule has 5 nitrogen and oxygen atoms in total. The number of nitrogens with one attached hydrogen (secondary N) is 1. The van der Waals surface area contributed by atoms with Gasteiger partial charge in [0.2, 0.25) is 0 Å². The number of benzene rings is 1. The van der Waals surface area contributed by atoms with Crippen LogP contribution in [0.4, 0.5) is 10.5 Å². The van der Waals surface area contributed by atoms with Crippen LogP contribution in [0.25, 0.3) is 10.9 Å². The van der Waals surface area contributed by atoms with Crippen LogP contribution in [0.2, 0.25) is 0 Å². The molecule has 5 heteroatoms. The Kier molecular flexibility index (Phi) is 3.18. The molecule has 20 heavy (non-hydrogen) atoms. The molecular formula is C15H17N3O2. The number of carbonyl (C=O) groups is 1. The molecule has 0 bridgehead atoms. The van der Waals surface area contributed by atoms with Gasteiger partial charge in [-0.3, -0.25) is 4.98 Å². The number of fused-ring (bicyclic) bond motifs is 1. The van der Waals surface area contributed by atoms with Gasteiger partial charge in [0.25, 0.3) is 0 Å². The lowest BCUT2D eigenvalue weighted by molar-refractivity contribution is 0.155. The number of nitrogens with zero attached hydrogens (tertiary/aromatic N) is 2. The summed E-state index contributed by atoms with van der Waals surface area (Å²) in [6.07, 6.45) is 1.80. The lowest BCUT2D eigenvalue weighted by atomic mass is 10.1. The highest BCUT2D eigenvalue weighted by molar-refractivity contribution is 5.85. The van der Waals surface area contributed by atoms with Crippen LogP contribution < -0.4 is 5.32 Å². The standard InChI is InChI=1S/C15H17N3O2/c1-10-7-13(8-11-3-2-5-16-14(10)11)17-12-4-6-18(9-12)15(19)20/h2-3,5,7-8,12,17H,4,6,9H2,1H3,(H,19,20). The minimum absolute atomic E-state index is 0.180. The van der Waals surface area contributed by atoms with Crippen molar-refractivity contribution in [2.75, 3.05) is 18.4 Å². The first-order chi connectivity index (χ1) is 9.63. The van der Waals surface area contributed by atoms with Crippen LogP contribution in [0.5, 0.6) is 0 Å². The summed E-state index contributed by atoms with van der Waals surface area (Å²) < 4.78 is 0. The average Bonchev–Trinajstić information content (AvgIpc) is 2.87. The number of anilines is 1. The average molecular weight is 271 g/mol. The second-order valence-electron chi connectivity index (χ2n) is 5.23. The maximum atomic E-state index is 10.9. The summed E-state index contributed by atoms with van der Waals surface area (Å²) in [5.74, 6) is 0. The molecule has 1 unspecified atom stereocenters. The number of rotatable bonds is 2. The van der Waals surface area contributed by atoms with Crippen molar-refractivity contribution in [2.45, 2.75) is 19.4 Å². The topological polar surface area (TPSA) is 65.5 Å². The van der Waals surface area contributed by atoms with Crippen molar-refractivity contribution >= 4 is 22.7 Å². The van der Waals surface area contributed by atoms with Crippen molar-refractivity contribution in [1.82, 2.24) is 9.88 Å². The maximum Gasteiger partial charge on any atom is 0.407 e. The Morgan fingerprint density at radius 2 is 2.35 bits per heavy atom. The third-order valence-electron chi connectivity index (χ3n) is 3.73. The number of likely N-dealkylation sites (tertiary alicyclic amines) is 1. The highest BCUT2D eigenvalue weighted by Crippen LogP contribution is 2.23. The van der Waals surface area contributed by atoms with E-state index in [-0.39, 0.29) is 6.04 Å². The zero-order valence-electron chi connectivity index (χ0n) is 11.3. The van der Waals surface area contributed by atoms with Gasteiger partial charge in [-0.25, -0.2) is 4.79 Å². The Morgan fingerprint density at radius 3 is 3.10 bits per heavy atom. The third kappa shape index (κ3) is 2.39. The third-order valence-corrected chi connectivity index (χ3v) is 3.73. The molecule has 0 spiro atoms. The van der Waals surface area contributed by atoms with Gasteiger partial charge in [-0.05, 0) is 37.1 Å². The number of aromatic nitrogens is 1. The van der Waals surface area contributed by atoms with E-state index in [0.717, 1.165) is 28.6 Å². The van der Waals surface area contributed by atoms with Crippen molar-refractivity contribution in [3.05, 3.63) is 36.0 Å². The minimum atomic E-state index is -0.840. The first-order valence-electron chi connectivity index (χ1n) is 6.73. The highest BCUT2D eigenvalue weighted by atomic mass is 16.4. The number of amides is 1. The number of pyridine rings is 1. The van der Waals surface area contributed by atoms with Gasteiger partial charge in [0, 0.05) is 36.4 Å². The minimum Gasteiger partial charge on any atom is -0.465 e. The highest BCUT2D eigenvalue weighted by Gasteiger charge is 2.25. The lowest BCUT2D eigenvalue weighted by Crippen LogP contribution is -2.30. The van der Waals surface area contributed by atoms with E-state index in [0.29, 0.717) is 13.1 Å². The molecule has 0 saturated carbocycles. The smallest absolute Gasteiger partial charge is 0.407 e.